The van der Waals surface area contributed by atoms with Crippen LogP contribution in [-0.2, 0) is 13.2 Å². The molecule has 0 bridgehead atoms. The number of rotatable bonds is 3. The van der Waals surface area contributed by atoms with Crippen LogP contribution in [0.1, 0.15) is 18.3 Å². The van der Waals surface area contributed by atoms with E-state index < -0.39 is 0 Å². The number of benzene rings is 1. The summed E-state index contributed by atoms with van der Waals surface area (Å²) in [6.45, 7) is 4.28. The van der Waals surface area contributed by atoms with Crippen molar-refractivity contribution in [1.29, 1.82) is 0 Å². The maximum Gasteiger partial charge on any atom is 0.164 e. The fourth-order valence-corrected chi connectivity index (χ4v) is 1.82. The van der Waals surface area contributed by atoms with Crippen molar-refractivity contribution in [2.45, 2.75) is 27.0 Å². The highest BCUT2D eigenvalue weighted by atomic mass is 19.1. The van der Waals surface area contributed by atoms with Gasteiger partial charge in [-0.1, -0.05) is 6.07 Å². The normalized spacial score (nSPS) is 10.8. The molecule has 0 unspecified atom stereocenters. The van der Waals surface area contributed by atoms with Crippen molar-refractivity contribution < 1.29 is 9.50 Å². The van der Waals surface area contributed by atoms with Gasteiger partial charge in [-0.3, -0.25) is 0 Å². The van der Waals surface area contributed by atoms with Gasteiger partial charge in [0.05, 0.1) is 0 Å². The van der Waals surface area contributed by atoms with E-state index >= 15 is 0 Å². The van der Waals surface area contributed by atoms with E-state index in [0.29, 0.717) is 23.8 Å². The molecule has 2 rings (SSSR count). The Labute approximate surface area is 98.7 Å². The van der Waals surface area contributed by atoms with Crippen LogP contribution in [-0.4, -0.2) is 19.9 Å². The third-order valence-electron chi connectivity index (χ3n) is 2.73. The summed E-state index contributed by atoms with van der Waals surface area (Å²) in [5, 5.41) is 17.0. The van der Waals surface area contributed by atoms with Crippen LogP contribution in [0.2, 0.25) is 0 Å². The Morgan fingerprint density at radius 2 is 2.12 bits per heavy atom. The van der Waals surface area contributed by atoms with Crippen LogP contribution in [0.15, 0.2) is 18.2 Å². The number of aliphatic hydroxyl groups excluding tert-OH is 1. The summed E-state index contributed by atoms with van der Waals surface area (Å²) in [5.74, 6) is 0.779. The summed E-state index contributed by atoms with van der Waals surface area (Å²) in [6.07, 6.45) is 0. The largest absolute Gasteiger partial charge is 0.388 e. The molecule has 0 aliphatic heterocycles. The molecule has 1 aromatic carbocycles. The van der Waals surface area contributed by atoms with Gasteiger partial charge in [-0.2, -0.15) is 0 Å². The van der Waals surface area contributed by atoms with E-state index in [-0.39, 0.29) is 12.4 Å². The zero-order valence-electron chi connectivity index (χ0n) is 9.81. The van der Waals surface area contributed by atoms with Crippen LogP contribution in [0.4, 0.5) is 4.39 Å². The minimum atomic E-state index is -0.304. The molecule has 0 aliphatic rings. The first-order chi connectivity index (χ1) is 8.17. The Morgan fingerprint density at radius 3 is 2.76 bits per heavy atom. The van der Waals surface area contributed by atoms with Crippen LogP contribution >= 0.6 is 0 Å². The number of nitrogens with zero attached hydrogens (tertiary/aromatic N) is 3. The highest BCUT2D eigenvalue weighted by Gasteiger charge is 2.14. The molecule has 0 fully saturated rings. The molecular formula is C12H14FN3O. The van der Waals surface area contributed by atoms with Crippen molar-refractivity contribution in [3.8, 4) is 11.4 Å². The fourth-order valence-electron chi connectivity index (χ4n) is 1.82. The van der Waals surface area contributed by atoms with Crippen LogP contribution in [0.25, 0.3) is 11.4 Å². The SMILES string of the molecule is CCn1c(CO)nnc1-c1cc(F)ccc1C. The molecule has 0 saturated carbocycles. The molecule has 1 heterocycles. The van der Waals surface area contributed by atoms with Gasteiger partial charge in [0.1, 0.15) is 12.4 Å². The summed E-state index contributed by atoms with van der Waals surface area (Å²) >= 11 is 0. The molecule has 2 aromatic rings. The first-order valence-electron chi connectivity index (χ1n) is 5.46. The zero-order chi connectivity index (χ0) is 12.4. The standard InChI is InChI=1S/C12H14FN3O/c1-3-16-11(7-17)14-15-12(16)10-6-9(13)5-4-8(10)2/h4-6,17H,3,7H2,1-2H3. The van der Waals surface area contributed by atoms with Gasteiger partial charge in [0.25, 0.3) is 0 Å². The molecule has 90 valence electrons. The second-order valence-corrected chi connectivity index (χ2v) is 3.80. The highest BCUT2D eigenvalue weighted by Crippen LogP contribution is 2.23. The van der Waals surface area contributed by atoms with Crippen molar-refractivity contribution in [1.82, 2.24) is 14.8 Å². The van der Waals surface area contributed by atoms with Gasteiger partial charge >= 0.3 is 0 Å². The molecule has 0 atom stereocenters. The molecule has 0 amide bonds. The van der Waals surface area contributed by atoms with Gasteiger partial charge in [-0.15, -0.1) is 10.2 Å². The fraction of sp³-hybridized carbons (Fsp3) is 0.333. The second-order valence-electron chi connectivity index (χ2n) is 3.80. The van der Waals surface area contributed by atoms with Gasteiger partial charge < -0.3 is 9.67 Å². The van der Waals surface area contributed by atoms with Crippen LogP contribution < -0.4 is 0 Å². The molecule has 0 saturated heterocycles. The number of hydrogen-bond acceptors (Lipinski definition) is 3. The van der Waals surface area contributed by atoms with Crippen molar-refractivity contribution in [2.24, 2.45) is 0 Å². The summed E-state index contributed by atoms with van der Waals surface area (Å²) in [5.41, 5.74) is 1.64. The predicted molar refractivity (Wildman–Crippen MR) is 61.7 cm³/mol. The topological polar surface area (TPSA) is 50.9 Å². The van der Waals surface area contributed by atoms with Gasteiger partial charge in [0.2, 0.25) is 0 Å². The molecule has 0 radical (unpaired) electrons. The molecule has 4 nitrogen and oxygen atoms in total. The van der Waals surface area contributed by atoms with E-state index in [0.717, 1.165) is 5.56 Å². The number of aryl methyl sites for hydroxylation is 1. The maximum atomic E-state index is 13.3. The zero-order valence-corrected chi connectivity index (χ0v) is 9.81. The van der Waals surface area contributed by atoms with E-state index in [1.165, 1.54) is 12.1 Å². The minimum Gasteiger partial charge on any atom is -0.388 e. The van der Waals surface area contributed by atoms with Crippen molar-refractivity contribution >= 4 is 0 Å². The molecule has 17 heavy (non-hydrogen) atoms. The first-order valence-corrected chi connectivity index (χ1v) is 5.46. The lowest BCUT2D eigenvalue weighted by Crippen LogP contribution is -2.04. The van der Waals surface area contributed by atoms with E-state index in [4.69, 9.17) is 5.11 Å². The summed E-state index contributed by atoms with van der Waals surface area (Å²) in [4.78, 5) is 0. The molecule has 0 aliphatic carbocycles. The Kier molecular flexibility index (Phi) is 3.19. The Balaban J connectivity index is 2.59. The molecular weight excluding hydrogens is 221 g/mol. The van der Waals surface area contributed by atoms with Gasteiger partial charge in [0.15, 0.2) is 11.6 Å². The van der Waals surface area contributed by atoms with Crippen molar-refractivity contribution in [2.75, 3.05) is 0 Å². The number of aromatic nitrogens is 3. The summed E-state index contributed by atoms with van der Waals surface area (Å²) in [7, 11) is 0. The predicted octanol–water partition coefficient (Wildman–Crippen LogP) is 1.90. The quantitative estimate of drug-likeness (QED) is 0.884. The van der Waals surface area contributed by atoms with Crippen LogP contribution in [0.3, 0.4) is 0 Å². The van der Waals surface area contributed by atoms with Crippen LogP contribution in [0.5, 0.6) is 0 Å². The van der Waals surface area contributed by atoms with E-state index in [2.05, 4.69) is 10.2 Å². The summed E-state index contributed by atoms with van der Waals surface area (Å²) < 4.78 is 15.0. The van der Waals surface area contributed by atoms with Crippen molar-refractivity contribution in [3.63, 3.8) is 0 Å². The Bertz CT molecular complexity index is 537. The number of halogens is 1. The molecule has 1 N–H and O–H groups in total. The minimum absolute atomic E-state index is 0.171. The molecule has 1 aromatic heterocycles. The Morgan fingerprint density at radius 1 is 1.35 bits per heavy atom. The lowest BCUT2D eigenvalue weighted by atomic mass is 10.1. The smallest absolute Gasteiger partial charge is 0.164 e. The monoisotopic (exact) mass is 235 g/mol. The maximum absolute atomic E-state index is 13.3. The lowest BCUT2D eigenvalue weighted by molar-refractivity contribution is 0.265. The van der Waals surface area contributed by atoms with E-state index in [1.54, 1.807) is 10.6 Å². The van der Waals surface area contributed by atoms with Crippen molar-refractivity contribution in [3.05, 3.63) is 35.4 Å². The van der Waals surface area contributed by atoms with Gasteiger partial charge in [-0.05, 0) is 31.5 Å². The average molecular weight is 235 g/mol. The van der Waals surface area contributed by atoms with Gasteiger partial charge in [-0.25, -0.2) is 4.39 Å². The Hall–Kier alpha value is -1.75. The summed E-state index contributed by atoms with van der Waals surface area (Å²) in [6, 6.07) is 4.56. The van der Waals surface area contributed by atoms with E-state index in [1.807, 2.05) is 13.8 Å². The van der Waals surface area contributed by atoms with Gasteiger partial charge in [0, 0.05) is 12.1 Å². The third-order valence-corrected chi connectivity index (χ3v) is 2.73. The highest BCUT2D eigenvalue weighted by molar-refractivity contribution is 5.60. The third kappa shape index (κ3) is 2.06. The first kappa shape index (κ1) is 11.7. The van der Waals surface area contributed by atoms with Crippen LogP contribution in [0, 0.1) is 12.7 Å². The number of aliphatic hydroxyl groups is 1. The average Bonchev–Trinajstić information content (AvgIpc) is 2.74. The van der Waals surface area contributed by atoms with E-state index in [9.17, 15) is 4.39 Å². The molecule has 0 spiro atoms. The number of hydrogen-bond donors (Lipinski definition) is 1. The molecule has 5 heteroatoms. The lowest BCUT2D eigenvalue weighted by Gasteiger charge is -2.08. The second kappa shape index (κ2) is 4.63.